The minimum absolute atomic E-state index is 0.625. The minimum atomic E-state index is -3.31. The Morgan fingerprint density at radius 1 is 1.38 bits per heavy atom. The van der Waals surface area contributed by atoms with Gasteiger partial charge in [0, 0.05) is 24.6 Å². The van der Waals surface area contributed by atoms with E-state index < -0.39 is 10.2 Å². The summed E-state index contributed by atoms with van der Waals surface area (Å²) in [6, 6.07) is 5.61. The molecule has 1 saturated heterocycles. The first kappa shape index (κ1) is 11.9. The fourth-order valence-electron chi connectivity index (χ4n) is 1.49. The molecular weight excluding hydrogens is 292 g/mol. The Balaban J connectivity index is 2.40. The van der Waals surface area contributed by atoms with Crippen LogP contribution in [0.2, 0.25) is 0 Å². The summed E-state index contributed by atoms with van der Waals surface area (Å²) in [5.74, 6) is 0. The first-order chi connectivity index (χ1) is 7.43. The van der Waals surface area contributed by atoms with Crippen molar-refractivity contribution in [3.8, 4) is 0 Å². The molecule has 1 fully saturated rings. The summed E-state index contributed by atoms with van der Waals surface area (Å²) in [6.07, 6.45) is 0. The van der Waals surface area contributed by atoms with Crippen LogP contribution in [0.25, 0.3) is 0 Å². The third-order valence-electron chi connectivity index (χ3n) is 2.59. The van der Waals surface area contributed by atoms with Crippen LogP contribution in [0.4, 0.5) is 5.69 Å². The molecule has 4 nitrogen and oxygen atoms in total. The lowest BCUT2D eigenvalue weighted by Crippen LogP contribution is -2.32. The predicted octanol–water partition coefficient (Wildman–Crippen LogP) is 1.75. The summed E-state index contributed by atoms with van der Waals surface area (Å²) in [5, 5.41) is 0. The van der Waals surface area contributed by atoms with Gasteiger partial charge in [0.2, 0.25) is 0 Å². The van der Waals surface area contributed by atoms with E-state index in [0.29, 0.717) is 18.8 Å². The van der Waals surface area contributed by atoms with Gasteiger partial charge in [0.05, 0.1) is 5.69 Å². The monoisotopic (exact) mass is 304 g/mol. The molecule has 16 heavy (non-hydrogen) atoms. The largest absolute Gasteiger partial charge is 0.303 e. The zero-order chi connectivity index (χ0) is 11.9. The smallest absolute Gasteiger partial charge is 0.260 e. The molecule has 1 aliphatic heterocycles. The summed E-state index contributed by atoms with van der Waals surface area (Å²) < 4.78 is 27.6. The van der Waals surface area contributed by atoms with Crippen LogP contribution in [-0.4, -0.2) is 32.9 Å². The predicted molar refractivity (Wildman–Crippen MR) is 67.8 cm³/mol. The number of hydrogen-bond acceptors (Lipinski definition) is 2. The van der Waals surface area contributed by atoms with E-state index in [1.807, 2.05) is 25.1 Å². The number of rotatable bonds is 3. The Hall–Kier alpha value is -0.590. The molecule has 1 aliphatic rings. The third kappa shape index (κ3) is 2.09. The van der Waals surface area contributed by atoms with Crippen LogP contribution in [0.1, 0.15) is 5.56 Å². The van der Waals surface area contributed by atoms with Crippen molar-refractivity contribution in [3.63, 3.8) is 0 Å². The fraction of sp³-hybridized carbons (Fsp3) is 0.400. The second-order valence-corrected chi connectivity index (χ2v) is 6.68. The van der Waals surface area contributed by atoms with Crippen molar-refractivity contribution in [1.82, 2.24) is 4.31 Å². The van der Waals surface area contributed by atoms with Crippen LogP contribution in [0, 0.1) is 6.92 Å². The van der Waals surface area contributed by atoms with E-state index in [-0.39, 0.29) is 0 Å². The number of halogens is 1. The van der Waals surface area contributed by atoms with Crippen LogP contribution in [0.3, 0.4) is 0 Å². The highest BCUT2D eigenvalue weighted by molar-refractivity contribution is 9.10. The standard InChI is InChI=1S/C10H13BrN2O2S/c1-8-3-4-9(11)7-10(8)12(2)16(14,15)13-5-6-13/h3-4,7H,5-6H2,1-2H3. The molecule has 0 amide bonds. The lowest BCUT2D eigenvalue weighted by atomic mass is 10.2. The summed E-state index contributed by atoms with van der Waals surface area (Å²) >= 11 is 3.35. The Bertz CT molecular complexity index is 512. The van der Waals surface area contributed by atoms with Crippen molar-refractivity contribution in [2.24, 2.45) is 0 Å². The van der Waals surface area contributed by atoms with Gasteiger partial charge in [0.25, 0.3) is 0 Å². The molecule has 0 unspecified atom stereocenters. The molecule has 0 bridgehead atoms. The average molecular weight is 305 g/mol. The summed E-state index contributed by atoms with van der Waals surface area (Å²) in [4.78, 5) is 0. The number of hydrogen-bond donors (Lipinski definition) is 0. The maximum Gasteiger partial charge on any atom is 0.303 e. The second kappa shape index (κ2) is 4.01. The molecule has 1 aromatic carbocycles. The van der Waals surface area contributed by atoms with Crippen LogP contribution >= 0.6 is 15.9 Å². The molecule has 0 radical (unpaired) electrons. The molecule has 0 spiro atoms. The van der Waals surface area contributed by atoms with Crippen molar-refractivity contribution in [1.29, 1.82) is 0 Å². The van der Waals surface area contributed by atoms with Gasteiger partial charge in [0.1, 0.15) is 0 Å². The normalized spacial score (nSPS) is 16.2. The van der Waals surface area contributed by atoms with Crippen molar-refractivity contribution in [2.75, 3.05) is 24.4 Å². The van der Waals surface area contributed by atoms with Gasteiger partial charge in [-0.05, 0) is 24.6 Å². The Morgan fingerprint density at radius 2 is 2.00 bits per heavy atom. The quantitative estimate of drug-likeness (QED) is 0.798. The third-order valence-corrected chi connectivity index (χ3v) is 4.99. The van der Waals surface area contributed by atoms with E-state index in [9.17, 15) is 8.42 Å². The molecule has 0 N–H and O–H groups in total. The van der Waals surface area contributed by atoms with Crippen LogP contribution in [0.15, 0.2) is 22.7 Å². The summed E-state index contributed by atoms with van der Waals surface area (Å²) in [5.41, 5.74) is 1.65. The van der Waals surface area contributed by atoms with E-state index in [4.69, 9.17) is 0 Å². The summed E-state index contributed by atoms with van der Waals surface area (Å²) in [6.45, 7) is 3.15. The number of nitrogens with zero attached hydrogens (tertiary/aromatic N) is 2. The molecule has 1 heterocycles. The van der Waals surface area contributed by atoms with E-state index in [1.54, 1.807) is 7.05 Å². The van der Waals surface area contributed by atoms with Gasteiger partial charge in [-0.15, -0.1) is 0 Å². The Kier molecular flexibility index (Phi) is 2.98. The maximum atomic E-state index is 12.0. The van der Waals surface area contributed by atoms with Crippen LogP contribution < -0.4 is 4.31 Å². The van der Waals surface area contributed by atoms with Crippen molar-refractivity contribution in [2.45, 2.75) is 6.92 Å². The molecule has 0 aliphatic carbocycles. The van der Waals surface area contributed by atoms with Crippen molar-refractivity contribution >= 4 is 31.8 Å². The van der Waals surface area contributed by atoms with Gasteiger partial charge >= 0.3 is 10.2 Å². The van der Waals surface area contributed by atoms with Gasteiger partial charge in [-0.25, -0.2) is 0 Å². The molecule has 6 heteroatoms. The Morgan fingerprint density at radius 3 is 2.56 bits per heavy atom. The average Bonchev–Trinajstić information content (AvgIpc) is 3.04. The highest BCUT2D eigenvalue weighted by Gasteiger charge is 2.35. The zero-order valence-electron chi connectivity index (χ0n) is 9.14. The lowest BCUT2D eigenvalue weighted by Gasteiger charge is -2.21. The lowest BCUT2D eigenvalue weighted by molar-refractivity contribution is 0.561. The van der Waals surface area contributed by atoms with Crippen LogP contribution in [0.5, 0.6) is 0 Å². The molecular formula is C10H13BrN2O2S. The molecule has 0 atom stereocenters. The topological polar surface area (TPSA) is 40.4 Å². The SMILES string of the molecule is Cc1ccc(Br)cc1N(C)S(=O)(=O)N1CC1. The maximum absolute atomic E-state index is 12.0. The molecule has 88 valence electrons. The highest BCUT2D eigenvalue weighted by Crippen LogP contribution is 2.28. The first-order valence-corrected chi connectivity index (χ1v) is 7.12. The zero-order valence-corrected chi connectivity index (χ0v) is 11.5. The van der Waals surface area contributed by atoms with Crippen molar-refractivity contribution < 1.29 is 8.42 Å². The second-order valence-electron chi connectivity index (χ2n) is 3.81. The van der Waals surface area contributed by atoms with Gasteiger partial charge < -0.3 is 0 Å². The number of aryl methyl sites for hydroxylation is 1. The van der Waals surface area contributed by atoms with E-state index in [1.165, 1.54) is 8.61 Å². The van der Waals surface area contributed by atoms with Gasteiger partial charge in [-0.3, -0.25) is 4.31 Å². The molecule has 2 rings (SSSR count). The van der Waals surface area contributed by atoms with Gasteiger partial charge in [-0.2, -0.15) is 12.7 Å². The fourth-order valence-corrected chi connectivity index (χ4v) is 3.17. The number of benzene rings is 1. The number of anilines is 1. The molecule has 0 aromatic heterocycles. The van der Waals surface area contributed by atoms with E-state index in [2.05, 4.69) is 15.9 Å². The Labute approximate surface area is 104 Å². The molecule has 0 saturated carbocycles. The molecule has 1 aromatic rings. The van der Waals surface area contributed by atoms with Crippen LogP contribution in [-0.2, 0) is 10.2 Å². The van der Waals surface area contributed by atoms with E-state index >= 15 is 0 Å². The van der Waals surface area contributed by atoms with Crippen molar-refractivity contribution in [3.05, 3.63) is 28.2 Å². The highest BCUT2D eigenvalue weighted by atomic mass is 79.9. The minimum Gasteiger partial charge on any atom is -0.260 e. The first-order valence-electron chi connectivity index (χ1n) is 4.93. The summed E-state index contributed by atoms with van der Waals surface area (Å²) in [7, 11) is -1.73. The van der Waals surface area contributed by atoms with Gasteiger partial charge in [-0.1, -0.05) is 22.0 Å². The van der Waals surface area contributed by atoms with Gasteiger partial charge in [0.15, 0.2) is 0 Å². The van der Waals surface area contributed by atoms with E-state index in [0.717, 1.165) is 10.0 Å².